The highest BCUT2D eigenvalue weighted by atomic mass is 16.2. The summed E-state index contributed by atoms with van der Waals surface area (Å²) >= 11 is 0. The Morgan fingerprint density at radius 1 is 1.13 bits per heavy atom. The summed E-state index contributed by atoms with van der Waals surface area (Å²) < 4.78 is 0. The number of carbonyl (C=O) groups excluding carboxylic acids is 1. The zero-order valence-corrected chi connectivity index (χ0v) is 8.49. The predicted molar refractivity (Wildman–Crippen MR) is 59.8 cm³/mol. The van der Waals surface area contributed by atoms with E-state index < -0.39 is 0 Å². The van der Waals surface area contributed by atoms with Gasteiger partial charge >= 0.3 is 0 Å². The zero-order valence-electron chi connectivity index (χ0n) is 8.49. The van der Waals surface area contributed by atoms with Gasteiger partial charge in [-0.15, -0.1) is 0 Å². The van der Waals surface area contributed by atoms with Crippen LogP contribution in [0.4, 0.5) is 11.4 Å². The molecular formula is C12H14N2O. The third kappa shape index (κ3) is 1.39. The number of benzene rings is 1. The maximum Gasteiger partial charge on any atom is 0.229 e. The van der Waals surface area contributed by atoms with Crippen LogP contribution in [-0.2, 0) is 4.79 Å². The summed E-state index contributed by atoms with van der Waals surface area (Å²) in [7, 11) is 0. The largest absolute Gasteiger partial charge is 0.380 e. The summed E-state index contributed by atoms with van der Waals surface area (Å²) in [6, 6.07) is 8.24. The van der Waals surface area contributed by atoms with E-state index >= 15 is 0 Å². The highest BCUT2D eigenvalue weighted by Gasteiger charge is 2.35. The standard InChI is InChI=1S/C12H14N2O/c15-12-8-4-3-7-9(8)13-10-5-1-2-6-11(10)14-12/h1-2,5-6,8-9,13H,3-4,7H2,(H,14,15)/t8-,9+/m0/s1. The first-order valence-electron chi connectivity index (χ1n) is 5.51. The van der Waals surface area contributed by atoms with Gasteiger partial charge in [0.25, 0.3) is 0 Å². The van der Waals surface area contributed by atoms with Gasteiger partial charge in [0.15, 0.2) is 0 Å². The van der Waals surface area contributed by atoms with Crippen LogP contribution >= 0.6 is 0 Å². The van der Waals surface area contributed by atoms with Crippen LogP contribution < -0.4 is 10.6 Å². The van der Waals surface area contributed by atoms with E-state index in [2.05, 4.69) is 10.6 Å². The first kappa shape index (κ1) is 8.77. The van der Waals surface area contributed by atoms with Gasteiger partial charge in [-0.1, -0.05) is 18.6 Å². The lowest BCUT2D eigenvalue weighted by molar-refractivity contribution is -0.119. The molecule has 2 aliphatic rings. The molecule has 3 heteroatoms. The van der Waals surface area contributed by atoms with Crippen LogP contribution in [0.25, 0.3) is 0 Å². The lowest BCUT2D eigenvalue weighted by atomic mass is 10.0. The molecule has 0 radical (unpaired) electrons. The summed E-state index contributed by atoms with van der Waals surface area (Å²) in [5, 5.41) is 6.46. The van der Waals surface area contributed by atoms with Gasteiger partial charge in [-0.25, -0.2) is 0 Å². The molecule has 0 saturated heterocycles. The molecule has 1 heterocycles. The number of para-hydroxylation sites is 2. The van der Waals surface area contributed by atoms with Gasteiger partial charge in [-0.05, 0) is 25.0 Å². The van der Waals surface area contributed by atoms with Gasteiger partial charge < -0.3 is 10.6 Å². The van der Waals surface area contributed by atoms with E-state index in [4.69, 9.17) is 0 Å². The number of hydrogen-bond acceptors (Lipinski definition) is 2. The topological polar surface area (TPSA) is 41.1 Å². The molecule has 1 aromatic rings. The second kappa shape index (κ2) is 3.26. The number of fused-ring (bicyclic) bond motifs is 2. The van der Waals surface area contributed by atoms with E-state index in [1.165, 1.54) is 0 Å². The average molecular weight is 202 g/mol. The first-order valence-corrected chi connectivity index (χ1v) is 5.51. The Kier molecular flexibility index (Phi) is 1.91. The third-order valence-corrected chi connectivity index (χ3v) is 3.38. The molecule has 0 bridgehead atoms. The molecule has 0 spiro atoms. The molecule has 78 valence electrons. The smallest absolute Gasteiger partial charge is 0.229 e. The van der Waals surface area contributed by atoms with Gasteiger partial charge in [0.2, 0.25) is 5.91 Å². The molecule has 0 unspecified atom stereocenters. The minimum atomic E-state index is 0.150. The van der Waals surface area contributed by atoms with E-state index in [-0.39, 0.29) is 11.8 Å². The second-order valence-corrected chi connectivity index (χ2v) is 4.32. The van der Waals surface area contributed by atoms with Gasteiger partial charge in [0.05, 0.1) is 17.3 Å². The number of hydrogen-bond donors (Lipinski definition) is 2. The minimum Gasteiger partial charge on any atom is -0.380 e. The lowest BCUT2D eigenvalue weighted by Gasteiger charge is -2.16. The van der Waals surface area contributed by atoms with Crippen molar-refractivity contribution in [1.29, 1.82) is 0 Å². The van der Waals surface area contributed by atoms with Gasteiger partial charge in [-0.2, -0.15) is 0 Å². The van der Waals surface area contributed by atoms with Crippen molar-refractivity contribution in [2.75, 3.05) is 10.6 Å². The SMILES string of the molecule is O=C1Nc2ccccc2N[C@@H]2CCC[C@H]12. The van der Waals surface area contributed by atoms with E-state index in [0.717, 1.165) is 30.6 Å². The van der Waals surface area contributed by atoms with Crippen molar-refractivity contribution in [3.63, 3.8) is 0 Å². The summed E-state index contributed by atoms with van der Waals surface area (Å²) in [6.07, 6.45) is 3.27. The molecule has 3 nitrogen and oxygen atoms in total. The Balaban J connectivity index is 2.00. The quantitative estimate of drug-likeness (QED) is 0.677. The summed E-state index contributed by atoms with van der Waals surface area (Å²) in [5.74, 6) is 0.326. The van der Waals surface area contributed by atoms with Gasteiger partial charge in [0, 0.05) is 6.04 Å². The number of anilines is 2. The Hall–Kier alpha value is -1.51. The summed E-state index contributed by atoms with van der Waals surface area (Å²) in [5.41, 5.74) is 1.97. The maximum absolute atomic E-state index is 11.9. The van der Waals surface area contributed by atoms with Crippen molar-refractivity contribution in [1.82, 2.24) is 0 Å². The molecule has 1 fully saturated rings. The van der Waals surface area contributed by atoms with Gasteiger partial charge in [0.1, 0.15) is 0 Å². The summed E-state index contributed by atoms with van der Waals surface area (Å²) in [4.78, 5) is 11.9. The Morgan fingerprint density at radius 2 is 1.93 bits per heavy atom. The monoisotopic (exact) mass is 202 g/mol. The molecule has 3 rings (SSSR count). The zero-order chi connectivity index (χ0) is 10.3. The summed E-state index contributed by atoms with van der Waals surface area (Å²) in [6.45, 7) is 0. The Morgan fingerprint density at radius 3 is 2.80 bits per heavy atom. The number of rotatable bonds is 0. The number of nitrogens with one attached hydrogen (secondary N) is 2. The number of amides is 1. The van der Waals surface area contributed by atoms with Crippen molar-refractivity contribution in [2.24, 2.45) is 5.92 Å². The molecular weight excluding hydrogens is 188 g/mol. The molecule has 1 aliphatic heterocycles. The van der Waals surface area contributed by atoms with Crippen LogP contribution in [0, 0.1) is 5.92 Å². The molecule has 1 saturated carbocycles. The number of carbonyl (C=O) groups is 1. The molecule has 15 heavy (non-hydrogen) atoms. The normalized spacial score (nSPS) is 28.4. The van der Waals surface area contributed by atoms with Crippen molar-refractivity contribution in [3.05, 3.63) is 24.3 Å². The van der Waals surface area contributed by atoms with E-state index in [1.54, 1.807) is 0 Å². The van der Waals surface area contributed by atoms with Crippen LogP contribution in [0.1, 0.15) is 19.3 Å². The van der Waals surface area contributed by atoms with Crippen molar-refractivity contribution in [2.45, 2.75) is 25.3 Å². The molecule has 1 amide bonds. The highest BCUT2D eigenvalue weighted by Crippen LogP contribution is 2.35. The van der Waals surface area contributed by atoms with E-state index in [9.17, 15) is 4.79 Å². The fraction of sp³-hybridized carbons (Fsp3) is 0.417. The van der Waals surface area contributed by atoms with Crippen molar-refractivity contribution < 1.29 is 4.79 Å². The first-order chi connectivity index (χ1) is 7.34. The molecule has 2 N–H and O–H groups in total. The Labute approximate surface area is 88.9 Å². The maximum atomic E-state index is 11.9. The molecule has 1 aliphatic carbocycles. The predicted octanol–water partition coefficient (Wildman–Crippen LogP) is 2.22. The average Bonchev–Trinajstić information content (AvgIpc) is 2.64. The lowest BCUT2D eigenvalue weighted by Crippen LogP contribution is -2.30. The fourth-order valence-corrected chi connectivity index (χ4v) is 2.59. The molecule has 1 aromatic carbocycles. The van der Waals surface area contributed by atoms with Crippen molar-refractivity contribution >= 4 is 17.3 Å². The minimum absolute atomic E-state index is 0.150. The highest BCUT2D eigenvalue weighted by molar-refractivity contribution is 5.98. The third-order valence-electron chi connectivity index (χ3n) is 3.38. The molecule has 0 aromatic heterocycles. The van der Waals surface area contributed by atoms with E-state index in [1.807, 2.05) is 24.3 Å². The fourth-order valence-electron chi connectivity index (χ4n) is 2.59. The van der Waals surface area contributed by atoms with Gasteiger partial charge in [-0.3, -0.25) is 4.79 Å². The Bertz CT molecular complexity index is 402. The van der Waals surface area contributed by atoms with Crippen LogP contribution in [0.15, 0.2) is 24.3 Å². The van der Waals surface area contributed by atoms with Crippen LogP contribution in [0.5, 0.6) is 0 Å². The van der Waals surface area contributed by atoms with Crippen molar-refractivity contribution in [3.8, 4) is 0 Å². The van der Waals surface area contributed by atoms with Crippen LogP contribution in [0.2, 0.25) is 0 Å². The van der Waals surface area contributed by atoms with Crippen LogP contribution in [0.3, 0.4) is 0 Å². The van der Waals surface area contributed by atoms with Crippen LogP contribution in [-0.4, -0.2) is 11.9 Å². The van der Waals surface area contributed by atoms with E-state index in [0.29, 0.717) is 6.04 Å². The molecule has 2 atom stereocenters. The second-order valence-electron chi connectivity index (χ2n) is 4.32.